The number of amides is 2. The van der Waals surface area contributed by atoms with Crippen LogP contribution in [0.3, 0.4) is 0 Å². The normalized spacial score (nSPS) is 17.6. The lowest BCUT2D eigenvalue weighted by Gasteiger charge is -2.32. The molecule has 1 N–H and O–H groups in total. The molecular weight excluding hydrogens is 312 g/mol. The van der Waals surface area contributed by atoms with Crippen LogP contribution in [0.4, 0.5) is 0 Å². The molecule has 2 amide bonds. The lowest BCUT2D eigenvalue weighted by Crippen LogP contribution is -2.44. The van der Waals surface area contributed by atoms with E-state index in [9.17, 15) is 9.59 Å². The molecule has 3 rings (SSSR count). The van der Waals surface area contributed by atoms with Gasteiger partial charge in [0.05, 0.1) is 6.04 Å². The minimum atomic E-state index is -0.218. The van der Waals surface area contributed by atoms with Crippen LogP contribution in [0, 0.1) is 0 Å². The van der Waals surface area contributed by atoms with Crippen LogP contribution in [-0.4, -0.2) is 34.8 Å². The molecule has 0 aliphatic carbocycles. The maximum Gasteiger partial charge on any atom is 0.251 e. The predicted octanol–water partition coefficient (Wildman–Crippen LogP) is 3.48. The number of rotatable bonds is 3. The van der Waals surface area contributed by atoms with Gasteiger partial charge in [-0.15, -0.1) is 0 Å². The molecule has 130 valence electrons. The van der Waals surface area contributed by atoms with Gasteiger partial charge < -0.3 is 10.2 Å². The maximum atomic E-state index is 12.6. The highest BCUT2D eigenvalue weighted by Gasteiger charge is 2.36. The van der Waals surface area contributed by atoms with Crippen LogP contribution in [0.1, 0.15) is 37.6 Å². The van der Waals surface area contributed by atoms with Gasteiger partial charge in [0.25, 0.3) is 5.91 Å². The fourth-order valence-corrected chi connectivity index (χ4v) is 3.19. The SMILES string of the molecule is CC(C)(C)N1CC(NC(=O)c2cccc(-c3ccccc3)c2)CC1=O. The molecule has 1 aliphatic heterocycles. The van der Waals surface area contributed by atoms with Crippen LogP contribution in [0.2, 0.25) is 0 Å². The summed E-state index contributed by atoms with van der Waals surface area (Å²) in [5.41, 5.74) is 2.48. The van der Waals surface area contributed by atoms with E-state index in [-0.39, 0.29) is 23.4 Å². The molecule has 0 saturated carbocycles. The minimum Gasteiger partial charge on any atom is -0.347 e. The Balaban J connectivity index is 1.72. The first kappa shape index (κ1) is 17.2. The molecule has 4 nitrogen and oxygen atoms in total. The Hall–Kier alpha value is -2.62. The van der Waals surface area contributed by atoms with E-state index in [4.69, 9.17) is 0 Å². The van der Waals surface area contributed by atoms with Crippen molar-refractivity contribution in [2.75, 3.05) is 6.54 Å². The summed E-state index contributed by atoms with van der Waals surface area (Å²) in [6.07, 6.45) is 0.362. The Labute approximate surface area is 148 Å². The summed E-state index contributed by atoms with van der Waals surface area (Å²) >= 11 is 0. The molecule has 1 aliphatic rings. The van der Waals surface area contributed by atoms with Gasteiger partial charge in [-0.25, -0.2) is 0 Å². The molecular formula is C21H24N2O2. The number of hydrogen-bond acceptors (Lipinski definition) is 2. The molecule has 0 spiro atoms. The Morgan fingerprint density at radius 2 is 1.72 bits per heavy atom. The van der Waals surface area contributed by atoms with Gasteiger partial charge in [-0.1, -0.05) is 42.5 Å². The third-order valence-corrected chi connectivity index (χ3v) is 4.50. The van der Waals surface area contributed by atoms with Crippen molar-refractivity contribution < 1.29 is 9.59 Å². The smallest absolute Gasteiger partial charge is 0.251 e. The predicted molar refractivity (Wildman–Crippen MR) is 99.2 cm³/mol. The summed E-state index contributed by atoms with van der Waals surface area (Å²) in [5, 5.41) is 3.00. The summed E-state index contributed by atoms with van der Waals surface area (Å²) in [6.45, 7) is 6.60. The molecule has 0 radical (unpaired) electrons. The third kappa shape index (κ3) is 3.90. The van der Waals surface area contributed by atoms with E-state index in [1.165, 1.54) is 0 Å². The Morgan fingerprint density at radius 1 is 1.04 bits per heavy atom. The zero-order valence-corrected chi connectivity index (χ0v) is 15.0. The van der Waals surface area contributed by atoms with Gasteiger partial charge in [-0.3, -0.25) is 9.59 Å². The Kier molecular flexibility index (Phi) is 4.62. The van der Waals surface area contributed by atoms with E-state index in [2.05, 4.69) is 5.32 Å². The Morgan fingerprint density at radius 3 is 2.36 bits per heavy atom. The van der Waals surface area contributed by atoms with Crippen molar-refractivity contribution in [3.8, 4) is 11.1 Å². The number of benzene rings is 2. The summed E-state index contributed by atoms with van der Waals surface area (Å²) in [4.78, 5) is 26.6. The number of carbonyl (C=O) groups excluding carboxylic acids is 2. The second kappa shape index (κ2) is 6.71. The monoisotopic (exact) mass is 336 g/mol. The molecule has 25 heavy (non-hydrogen) atoms. The minimum absolute atomic E-state index is 0.0934. The number of hydrogen-bond donors (Lipinski definition) is 1. The lowest BCUT2D eigenvalue weighted by molar-refractivity contribution is -0.131. The first-order valence-electron chi connectivity index (χ1n) is 8.61. The summed E-state index contributed by atoms with van der Waals surface area (Å²) in [5.74, 6) is -0.0397. The van der Waals surface area contributed by atoms with Crippen LogP contribution in [0.5, 0.6) is 0 Å². The average molecular weight is 336 g/mol. The number of carbonyl (C=O) groups is 2. The second-order valence-corrected chi connectivity index (χ2v) is 7.50. The van der Waals surface area contributed by atoms with Crippen molar-refractivity contribution in [1.29, 1.82) is 0 Å². The fraction of sp³-hybridized carbons (Fsp3) is 0.333. The topological polar surface area (TPSA) is 49.4 Å². The van der Waals surface area contributed by atoms with E-state index in [1.807, 2.05) is 74.2 Å². The van der Waals surface area contributed by atoms with Gasteiger partial charge in [0, 0.05) is 24.1 Å². The molecule has 1 heterocycles. The van der Waals surface area contributed by atoms with E-state index in [0.29, 0.717) is 18.5 Å². The van der Waals surface area contributed by atoms with Gasteiger partial charge in [0.2, 0.25) is 5.91 Å². The molecule has 2 aromatic rings. The van der Waals surface area contributed by atoms with Crippen molar-refractivity contribution in [3.63, 3.8) is 0 Å². The Bertz CT molecular complexity index is 778. The van der Waals surface area contributed by atoms with Gasteiger partial charge in [0.15, 0.2) is 0 Å². The van der Waals surface area contributed by atoms with Gasteiger partial charge in [0.1, 0.15) is 0 Å². The molecule has 2 aromatic carbocycles. The standard InChI is InChI=1S/C21H24N2O2/c1-21(2,3)23-14-18(13-19(23)24)22-20(25)17-11-7-10-16(12-17)15-8-5-4-6-9-15/h4-12,18H,13-14H2,1-3H3,(H,22,25). The molecule has 1 unspecified atom stereocenters. The quantitative estimate of drug-likeness (QED) is 0.933. The van der Waals surface area contributed by atoms with Gasteiger partial charge in [-0.05, 0) is 44.0 Å². The van der Waals surface area contributed by atoms with Gasteiger partial charge >= 0.3 is 0 Å². The van der Waals surface area contributed by atoms with E-state index in [1.54, 1.807) is 6.07 Å². The van der Waals surface area contributed by atoms with Gasteiger partial charge in [-0.2, -0.15) is 0 Å². The number of nitrogens with zero attached hydrogens (tertiary/aromatic N) is 1. The zero-order chi connectivity index (χ0) is 18.0. The van der Waals surface area contributed by atoms with Crippen LogP contribution >= 0.6 is 0 Å². The second-order valence-electron chi connectivity index (χ2n) is 7.50. The first-order valence-corrected chi connectivity index (χ1v) is 8.61. The maximum absolute atomic E-state index is 12.6. The summed E-state index contributed by atoms with van der Waals surface area (Å²) in [6, 6.07) is 17.4. The number of likely N-dealkylation sites (tertiary alicyclic amines) is 1. The average Bonchev–Trinajstić information content (AvgIpc) is 2.96. The highest BCUT2D eigenvalue weighted by atomic mass is 16.2. The van der Waals surface area contributed by atoms with Crippen molar-refractivity contribution in [2.45, 2.75) is 38.8 Å². The van der Waals surface area contributed by atoms with Crippen LogP contribution < -0.4 is 5.32 Å². The first-order chi connectivity index (χ1) is 11.8. The molecule has 0 bridgehead atoms. The summed E-state index contributed by atoms with van der Waals surface area (Å²) < 4.78 is 0. The summed E-state index contributed by atoms with van der Waals surface area (Å²) in [7, 11) is 0. The molecule has 4 heteroatoms. The van der Waals surface area contributed by atoms with E-state index >= 15 is 0 Å². The number of nitrogens with one attached hydrogen (secondary N) is 1. The van der Waals surface area contributed by atoms with E-state index < -0.39 is 0 Å². The van der Waals surface area contributed by atoms with Crippen LogP contribution in [-0.2, 0) is 4.79 Å². The highest BCUT2D eigenvalue weighted by Crippen LogP contribution is 2.23. The molecule has 0 aromatic heterocycles. The van der Waals surface area contributed by atoms with Crippen molar-refractivity contribution in [1.82, 2.24) is 10.2 Å². The van der Waals surface area contributed by atoms with Crippen LogP contribution in [0.15, 0.2) is 54.6 Å². The molecule has 1 saturated heterocycles. The zero-order valence-electron chi connectivity index (χ0n) is 15.0. The van der Waals surface area contributed by atoms with E-state index in [0.717, 1.165) is 11.1 Å². The lowest BCUT2D eigenvalue weighted by atomic mass is 10.0. The highest BCUT2D eigenvalue weighted by molar-refractivity contribution is 5.96. The van der Waals surface area contributed by atoms with Crippen molar-refractivity contribution in [3.05, 3.63) is 60.2 Å². The third-order valence-electron chi connectivity index (χ3n) is 4.50. The van der Waals surface area contributed by atoms with Crippen LogP contribution in [0.25, 0.3) is 11.1 Å². The van der Waals surface area contributed by atoms with Crippen molar-refractivity contribution >= 4 is 11.8 Å². The van der Waals surface area contributed by atoms with Crippen molar-refractivity contribution in [2.24, 2.45) is 0 Å². The molecule has 1 fully saturated rings. The fourth-order valence-electron chi connectivity index (χ4n) is 3.19. The molecule has 1 atom stereocenters. The largest absolute Gasteiger partial charge is 0.347 e.